The highest BCUT2D eigenvalue weighted by atomic mass is 19.4. The average molecular weight is 236 g/mol. The van der Waals surface area contributed by atoms with E-state index in [-0.39, 0.29) is 11.8 Å². The van der Waals surface area contributed by atoms with Crippen LogP contribution in [-0.2, 0) is 12.6 Å². The molecule has 0 saturated heterocycles. The molecule has 0 radical (unpaired) electrons. The highest BCUT2D eigenvalue weighted by Gasteiger charge is 2.32. The zero-order valence-electron chi connectivity index (χ0n) is 7.72. The summed E-state index contributed by atoms with van der Waals surface area (Å²) in [6.07, 6.45) is -8.26. The molecule has 86 valence electrons. The molecular formula is C9H5F5N2. The molecule has 0 amide bonds. The van der Waals surface area contributed by atoms with Crippen LogP contribution in [0.4, 0.5) is 22.0 Å². The lowest BCUT2D eigenvalue weighted by atomic mass is 10.1. The van der Waals surface area contributed by atoms with E-state index in [9.17, 15) is 22.0 Å². The molecule has 0 aliphatic heterocycles. The molecule has 1 aromatic rings. The van der Waals surface area contributed by atoms with E-state index in [4.69, 9.17) is 5.26 Å². The molecular weight excluding hydrogens is 231 g/mol. The van der Waals surface area contributed by atoms with Crippen molar-refractivity contribution in [3.63, 3.8) is 0 Å². The normalized spacial score (nSPS) is 11.6. The fourth-order valence-corrected chi connectivity index (χ4v) is 1.06. The second-order valence-electron chi connectivity index (χ2n) is 2.91. The summed E-state index contributed by atoms with van der Waals surface area (Å²) in [5, 5.41) is 8.28. The Bertz CT molecular complexity index is 419. The Morgan fingerprint density at radius 2 is 1.94 bits per heavy atom. The van der Waals surface area contributed by atoms with Gasteiger partial charge >= 0.3 is 6.18 Å². The predicted octanol–water partition coefficient (Wildman–Crippen LogP) is 3.10. The topological polar surface area (TPSA) is 36.7 Å². The molecule has 0 bridgehead atoms. The number of halogens is 5. The van der Waals surface area contributed by atoms with E-state index in [0.717, 1.165) is 0 Å². The first-order valence-corrected chi connectivity index (χ1v) is 4.07. The van der Waals surface area contributed by atoms with Gasteiger partial charge in [0.2, 0.25) is 0 Å². The van der Waals surface area contributed by atoms with E-state index in [2.05, 4.69) is 4.98 Å². The quantitative estimate of drug-likeness (QED) is 0.740. The van der Waals surface area contributed by atoms with Crippen molar-refractivity contribution >= 4 is 0 Å². The summed E-state index contributed by atoms with van der Waals surface area (Å²) in [6.45, 7) is 0. The van der Waals surface area contributed by atoms with Gasteiger partial charge in [-0.05, 0) is 12.1 Å². The van der Waals surface area contributed by atoms with Crippen LogP contribution in [0.25, 0.3) is 0 Å². The number of hydrogen-bond donors (Lipinski definition) is 0. The predicted molar refractivity (Wildman–Crippen MR) is 43.5 cm³/mol. The van der Waals surface area contributed by atoms with Gasteiger partial charge in [-0.15, -0.1) is 0 Å². The van der Waals surface area contributed by atoms with Gasteiger partial charge < -0.3 is 0 Å². The third-order valence-electron chi connectivity index (χ3n) is 1.71. The molecule has 0 aliphatic carbocycles. The number of nitriles is 1. The number of alkyl halides is 5. The minimum absolute atomic E-state index is 0.283. The Balaban J connectivity index is 3.25. The van der Waals surface area contributed by atoms with Gasteiger partial charge in [0.25, 0.3) is 6.43 Å². The zero-order chi connectivity index (χ0) is 12.3. The van der Waals surface area contributed by atoms with E-state index in [1.807, 2.05) is 0 Å². The molecule has 0 aromatic carbocycles. The molecule has 1 heterocycles. The molecule has 0 unspecified atom stereocenters. The Hall–Kier alpha value is -1.71. The number of nitrogens with zero attached hydrogens (tertiary/aromatic N) is 2. The van der Waals surface area contributed by atoms with Gasteiger partial charge in [0.05, 0.1) is 23.7 Å². The minimum Gasteiger partial charge on any atom is -0.251 e. The zero-order valence-corrected chi connectivity index (χ0v) is 7.72. The first-order valence-electron chi connectivity index (χ1n) is 4.07. The van der Waals surface area contributed by atoms with Crippen LogP contribution in [0.15, 0.2) is 12.1 Å². The van der Waals surface area contributed by atoms with Crippen molar-refractivity contribution in [3.8, 4) is 6.07 Å². The molecule has 16 heavy (non-hydrogen) atoms. The van der Waals surface area contributed by atoms with Crippen molar-refractivity contribution in [3.05, 3.63) is 29.1 Å². The standard InChI is InChI=1S/C9H5F5N2/c10-8(11)7-4-5(9(12,13)14)3-6(16-7)1-2-15/h3-4,8H,1H2. The van der Waals surface area contributed by atoms with E-state index >= 15 is 0 Å². The molecule has 0 atom stereocenters. The number of rotatable bonds is 2. The van der Waals surface area contributed by atoms with Gasteiger partial charge in [-0.1, -0.05) is 0 Å². The third kappa shape index (κ3) is 2.89. The summed E-state index contributed by atoms with van der Waals surface area (Å²) in [6, 6.07) is 2.43. The largest absolute Gasteiger partial charge is 0.416 e. The van der Waals surface area contributed by atoms with Crippen molar-refractivity contribution < 1.29 is 22.0 Å². The summed E-state index contributed by atoms with van der Waals surface area (Å²) >= 11 is 0. The van der Waals surface area contributed by atoms with Gasteiger partial charge in [-0.2, -0.15) is 18.4 Å². The van der Waals surface area contributed by atoms with Crippen molar-refractivity contribution in [1.82, 2.24) is 4.98 Å². The first kappa shape index (κ1) is 12.4. The SMILES string of the molecule is N#CCc1cc(C(F)(F)F)cc(C(F)F)n1. The van der Waals surface area contributed by atoms with Crippen LogP contribution in [0.1, 0.15) is 23.4 Å². The molecule has 1 rings (SSSR count). The molecule has 1 aromatic heterocycles. The first-order chi connectivity index (χ1) is 7.34. The molecule has 0 N–H and O–H groups in total. The van der Waals surface area contributed by atoms with Gasteiger partial charge in [0.15, 0.2) is 0 Å². The summed E-state index contributed by atoms with van der Waals surface area (Å²) in [7, 11) is 0. The number of hydrogen-bond acceptors (Lipinski definition) is 2. The fraction of sp³-hybridized carbons (Fsp3) is 0.333. The minimum atomic E-state index is -4.73. The second-order valence-corrected chi connectivity index (χ2v) is 2.91. The maximum Gasteiger partial charge on any atom is 0.416 e. The molecule has 0 fully saturated rings. The summed E-state index contributed by atoms with van der Waals surface area (Å²) < 4.78 is 61.4. The van der Waals surface area contributed by atoms with Gasteiger partial charge in [0, 0.05) is 0 Å². The Kier molecular flexibility index (Phi) is 3.42. The van der Waals surface area contributed by atoms with Crippen molar-refractivity contribution in [1.29, 1.82) is 5.26 Å². The lowest BCUT2D eigenvalue weighted by molar-refractivity contribution is -0.137. The smallest absolute Gasteiger partial charge is 0.251 e. The van der Waals surface area contributed by atoms with E-state index in [0.29, 0.717) is 6.07 Å². The molecule has 7 heteroatoms. The van der Waals surface area contributed by atoms with Gasteiger partial charge in [-0.25, -0.2) is 8.78 Å². The van der Waals surface area contributed by atoms with E-state index < -0.39 is 30.3 Å². The van der Waals surface area contributed by atoms with Crippen molar-refractivity contribution in [2.45, 2.75) is 19.0 Å². The van der Waals surface area contributed by atoms with Crippen LogP contribution in [0.5, 0.6) is 0 Å². The average Bonchev–Trinajstić information content (AvgIpc) is 2.16. The van der Waals surface area contributed by atoms with Crippen LogP contribution >= 0.6 is 0 Å². The number of aromatic nitrogens is 1. The monoisotopic (exact) mass is 236 g/mol. The Morgan fingerprint density at radius 3 is 2.38 bits per heavy atom. The van der Waals surface area contributed by atoms with Crippen LogP contribution in [0.3, 0.4) is 0 Å². The van der Waals surface area contributed by atoms with Crippen LogP contribution in [0.2, 0.25) is 0 Å². The summed E-state index contributed by atoms with van der Waals surface area (Å²) in [4.78, 5) is 3.26. The molecule has 0 aliphatic rings. The van der Waals surface area contributed by atoms with Crippen LogP contribution < -0.4 is 0 Å². The van der Waals surface area contributed by atoms with E-state index in [1.54, 1.807) is 6.07 Å². The Morgan fingerprint density at radius 1 is 1.31 bits per heavy atom. The lowest BCUT2D eigenvalue weighted by Crippen LogP contribution is -2.08. The van der Waals surface area contributed by atoms with Gasteiger partial charge in [0.1, 0.15) is 5.69 Å². The van der Waals surface area contributed by atoms with Crippen molar-refractivity contribution in [2.24, 2.45) is 0 Å². The van der Waals surface area contributed by atoms with E-state index in [1.165, 1.54) is 0 Å². The number of pyridine rings is 1. The highest BCUT2D eigenvalue weighted by Crippen LogP contribution is 2.31. The summed E-state index contributed by atoms with van der Waals surface area (Å²) in [5.74, 6) is 0. The Labute approximate surface area is 87.3 Å². The highest BCUT2D eigenvalue weighted by molar-refractivity contribution is 5.26. The second kappa shape index (κ2) is 4.43. The van der Waals surface area contributed by atoms with Crippen molar-refractivity contribution in [2.75, 3.05) is 0 Å². The van der Waals surface area contributed by atoms with Gasteiger partial charge in [-0.3, -0.25) is 4.98 Å². The van der Waals surface area contributed by atoms with Crippen LogP contribution in [0, 0.1) is 11.3 Å². The molecule has 0 spiro atoms. The lowest BCUT2D eigenvalue weighted by Gasteiger charge is -2.09. The van der Waals surface area contributed by atoms with Crippen LogP contribution in [-0.4, -0.2) is 4.98 Å². The fourth-order valence-electron chi connectivity index (χ4n) is 1.06. The maximum atomic E-state index is 12.3. The molecule has 0 saturated carbocycles. The summed E-state index contributed by atoms with van der Waals surface area (Å²) in [5.41, 5.74) is -2.50. The maximum absolute atomic E-state index is 12.3. The third-order valence-corrected chi connectivity index (χ3v) is 1.71. The molecule has 2 nitrogen and oxygen atoms in total.